The minimum Gasteiger partial charge on any atom is -0.325 e. The number of fused-ring (bicyclic) bond motifs is 3. The van der Waals surface area contributed by atoms with Crippen LogP contribution in [0.25, 0.3) is 0 Å². The number of amides is 1. The van der Waals surface area contributed by atoms with Gasteiger partial charge in [0, 0.05) is 23.1 Å². The lowest BCUT2D eigenvalue weighted by Gasteiger charge is -2.39. The number of nitrogens with zero attached hydrogens (tertiary/aromatic N) is 3. The van der Waals surface area contributed by atoms with E-state index in [9.17, 15) is 4.79 Å². The maximum Gasteiger partial charge on any atom is 0.340 e. The van der Waals surface area contributed by atoms with Crippen LogP contribution in [0.15, 0.2) is 9.98 Å². The van der Waals surface area contributed by atoms with E-state index < -0.39 is 0 Å². The normalized spacial score (nSPS) is 57.3. The van der Waals surface area contributed by atoms with Crippen molar-refractivity contribution in [2.24, 2.45) is 33.0 Å². The van der Waals surface area contributed by atoms with Crippen LogP contribution in [0.1, 0.15) is 46.0 Å². The predicted octanol–water partition coefficient (Wildman–Crippen LogP) is 1.55. The number of aliphatic imine (C=N–C) groups is 2. The fourth-order valence-corrected chi connectivity index (χ4v) is 7.19. The van der Waals surface area contributed by atoms with E-state index in [0.717, 1.165) is 37.4 Å². The van der Waals surface area contributed by atoms with Gasteiger partial charge in [0.05, 0.1) is 25.3 Å². The largest absolute Gasteiger partial charge is 0.340 e. The third-order valence-electron chi connectivity index (χ3n) is 7.94. The van der Waals surface area contributed by atoms with Crippen molar-refractivity contribution in [1.29, 1.82) is 0 Å². The highest BCUT2D eigenvalue weighted by Crippen LogP contribution is 2.76. The van der Waals surface area contributed by atoms with Crippen LogP contribution in [0.5, 0.6) is 0 Å². The van der Waals surface area contributed by atoms with E-state index in [0.29, 0.717) is 27.8 Å². The van der Waals surface area contributed by atoms with E-state index >= 15 is 0 Å². The molecule has 1 saturated heterocycles. The highest BCUT2D eigenvalue weighted by atomic mass is 16.2. The summed E-state index contributed by atoms with van der Waals surface area (Å²) in [5, 5.41) is 0. The monoisotopic (exact) mass is 329 g/mol. The SMILES string of the molecule is CC1=NC(C(=O)[N+]2(C)CCC3CC4(N)CC5C2C5(C3)C4)C(C)N=C1. The van der Waals surface area contributed by atoms with Crippen molar-refractivity contribution in [3.8, 4) is 0 Å². The molecule has 2 N–H and O–H groups in total. The summed E-state index contributed by atoms with van der Waals surface area (Å²) >= 11 is 0. The first-order chi connectivity index (χ1) is 11.3. The molecule has 3 bridgehead atoms. The molecule has 5 heteroatoms. The molecule has 2 aliphatic heterocycles. The first-order valence-electron chi connectivity index (χ1n) is 9.54. The number of rotatable bonds is 1. The first-order valence-corrected chi connectivity index (χ1v) is 9.54. The Kier molecular flexibility index (Phi) is 2.76. The molecule has 2 heterocycles. The summed E-state index contributed by atoms with van der Waals surface area (Å²) in [4.78, 5) is 22.8. The summed E-state index contributed by atoms with van der Waals surface area (Å²) in [5.41, 5.74) is 7.99. The van der Waals surface area contributed by atoms with E-state index in [2.05, 4.69) is 17.0 Å². The fourth-order valence-electron chi connectivity index (χ4n) is 7.19. The molecule has 8 unspecified atom stereocenters. The van der Waals surface area contributed by atoms with Crippen LogP contribution in [-0.4, -0.2) is 59.6 Å². The maximum absolute atomic E-state index is 13.6. The van der Waals surface area contributed by atoms with Crippen molar-refractivity contribution in [1.82, 2.24) is 0 Å². The molecular weight excluding hydrogens is 300 g/mol. The molecule has 5 aliphatic rings. The van der Waals surface area contributed by atoms with Crippen LogP contribution < -0.4 is 5.73 Å². The van der Waals surface area contributed by atoms with Crippen LogP contribution in [0.3, 0.4) is 0 Å². The summed E-state index contributed by atoms with van der Waals surface area (Å²) < 4.78 is 0.582. The molecule has 130 valence electrons. The number of quaternary nitrogens is 1. The molecule has 1 spiro atoms. The number of hydrogen-bond donors (Lipinski definition) is 1. The number of carbonyl (C=O) groups is 1. The second-order valence-corrected chi connectivity index (χ2v) is 9.65. The number of likely N-dealkylation sites (N-methyl/N-ethyl adjacent to an activating group) is 1. The molecule has 0 radical (unpaired) electrons. The molecule has 24 heavy (non-hydrogen) atoms. The highest BCUT2D eigenvalue weighted by Gasteiger charge is 2.82. The van der Waals surface area contributed by atoms with Crippen molar-refractivity contribution in [3.63, 3.8) is 0 Å². The third-order valence-corrected chi connectivity index (χ3v) is 7.94. The van der Waals surface area contributed by atoms with E-state index in [-0.39, 0.29) is 17.6 Å². The standard InChI is InChI=1S/C19H29N4O/c1-11-9-21-12(2)15(22-11)17(24)23(3)5-4-13-6-18(20)8-14-16(23)19(14,7-13)10-18/h9,12-16H,4-8,10,20H2,1-3H3/q+1. The van der Waals surface area contributed by atoms with Gasteiger partial charge in [-0.15, -0.1) is 0 Å². The van der Waals surface area contributed by atoms with Crippen LogP contribution in [0.2, 0.25) is 0 Å². The minimum atomic E-state index is -0.307. The molecule has 1 amide bonds. The lowest BCUT2D eigenvalue weighted by molar-refractivity contribution is -0.851. The first kappa shape index (κ1) is 15.2. The Morgan fingerprint density at radius 2 is 2.17 bits per heavy atom. The third kappa shape index (κ3) is 1.75. The zero-order valence-electron chi connectivity index (χ0n) is 15.0. The van der Waals surface area contributed by atoms with Gasteiger partial charge in [0.2, 0.25) is 0 Å². The molecule has 0 aromatic rings. The summed E-state index contributed by atoms with van der Waals surface area (Å²) in [6.07, 6.45) is 7.70. The van der Waals surface area contributed by atoms with E-state index in [1.807, 2.05) is 13.8 Å². The van der Waals surface area contributed by atoms with Gasteiger partial charge in [-0.25, -0.2) is 4.79 Å². The Morgan fingerprint density at radius 3 is 2.96 bits per heavy atom. The molecule has 3 aliphatic carbocycles. The Balaban J connectivity index is 1.50. The maximum atomic E-state index is 13.6. The van der Waals surface area contributed by atoms with Gasteiger partial charge in [0.1, 0.15) is 6.04 Å². The Labute approximate surface area is 144 Å². The van der Waals surface area contributed by atoms with Gasteiger partial charge in [-0.1, -0.05) is 0 Å². The Hall–Kier alpha value is -1.07. The van der Waals surface area contributed by atoms with Gasteiger partial charge in [-0.05, 0) is 51.9 Å². The summed E-state index contributed by atoms with van der Waals surface area (Å²) in [7, 11) is 2.19. The lowest BCUT2D eigenvalue weighted by atomic mass is 9.71. The summed E-state index contributed by atoms with van der Waals surface area (Å²) in [5.74, 6) is 1.68. The zero-order chi connectivity index (χ0) is 16.9. The second kappa shape index (κ2) is 4.36. The van der Waals surface area contributed by atoms with Crippen molar-refractivity contribution >= 4 is 17.8 Å². The summed E-state index contributed by atoms with van der Waals surface area (Å²) in [6, 6.07) is 0.141. The minimum absolute atomic E-state index is 0.0385. The van der Waals surface area contributed by atoms with E-state index in [1.54, 1.807) is 6.21 Å². The quantitative estimate of drug-likeness (QED) is 0.742. The molecule has 5 nitrogen and oxygen atoms in total. The molecule has 4 fully saturated rings. The van der Waals surface area contributed by atoms with Crippen molar-refractivity contribution < 1.29 is 9.28 Å². The van der Waals surface area contributed by atoms with Crippen LogP contribution in [0.4, 0.5) is 0 Å². The van der Waals surface area contributed by atoms with Crippen LogP contribution in [0, 0.1) is 17.3 Å². The van der Waals surface area contributed by atoms with E-state index in [1.165, 1.54) is 12.8 Å². The van der Waals surface area contributed by atoms with Gasteiger partial charge in [-0.3, -0.25) is 14.5 Å². The highest BCUT2D eigenvalue weighted by molar-refractivity contribution is 6.30. The van der Waals surface area contributed by atoms with Gasteiger partial charge >= 0.3 is 5.91 Å². The number of likely N-dealkylation sites (tertiary alicyclic amines) is 1. The molecule has 0 aromatic heterocycles. The topological polar surface area (TPSA) is 67.8 Å². The van der Waals surface area contributed by atoms with Crippen LogP contribution in [-0.2, 0) is 4.79 Å². The van der Waals surface area contributed by atoms with Gasteiger partial charge in [-0.2, -0.15) is 0 Å². The number of carbonyl (C=O) groups excluding carboxylic acids is 1. The fraction of sp³-hybridized carbons (Fsp3) is 0.842. The van der Waals surface area contributed by atoms with Crippen molar-refractivity contribution in [3.05, 3.63) is 0 Å². The zero-order valence-corrected chi connectivity index (χ0v) is 15.0. The van der Waals surface area contributed by atoms with Gasteiger partial charge in [0.15, 0.2) is 6.04 Å². The molecule has 8 atom stereocenters. The van der Waals surface area contributed by atoms with Gasteiger partial charge < -0.3 is 5.73 Å². The van der Waals surface area contributed by atoms with Crippen molar-refractivity contribution in [2.45, 2.75) is 69.6 Å². The second-order valence-electron chi connectivity index (χ2n) is 9.65. The van der Waals surface area contributed by atoms with Gasteiger partial charge in [0.25, 0.3) is 0 Å². The lowest BCUT2D eigenvalue weighted by Crippen LogP contribution is -2.60. The summed E-state index contributed by atoms with van der Waals surface area (Å²) in [6.45, 7) is 4.93. The Bertz CT molecular complexity index is 687. The molecule has 5 rings (SSSR count). The number of nitrogens with two attached hydrogens (primary N) is 1. The molecule has 3 saturated carbocycles. The average Bonchev–Trinajstić information content (AvgIpc) is 3.03. The molecule has 0 aromatic carbocycles. The smallest absolute Gasteiger partial charge is 0.325 e. The molecular formula is C19H29N4O+. The van der Waals surface area contributed by atoms with Crippen molar-refractivity contribution in [2.75, 3.05) is 13.6 Å². The average molecular weight is 329 g/mol. The Morgan fingerprint density at radius 1 is 1.38 bits per heavy atom. The van der Waals surface area contributed by atoms with Crippen LogP contribution >= 0.6 is 0 Å². The van der Waals surface area contributed by atoms with E-state index in [4.69, 9.17) is 5.73 Å². The predicted molar refractivity (Wildman–Crippen MR) is 94.1 cm³/mol. The number of hydrogen-bond acceptors (Lipinski definition) is 4.